The van der Waals surface area contributed by atoms with Crippen molar-refractivity contribution in [2.45, 2.75) is 51.4 Å². The first-order valence-corrected chi connectivity index (χ1v) is 10.9. The number of imidazole rings is 1. The molecule has 4 heterocycles. The Kier molecular flexibility index (Phi) is 5.77. The molecule has 0 radical (unpaired) electrons. The second kappa shape index (κ2) is 8.99. The van der Waals surface area contributed by atoms with Crippen LogP contribution in [0.2, 0.25) is 0 Å². The van der Waals surface area contributed by atoms with Crippen molar-refractivity contribution in [1.82, 2.24) is 40.1 Å². The van der Waals surface area contributed by atoms with Crippen LogP contribution in [-0.2, 0) is 17.8 Å². The van der Waals surface area contributed by atoms with E-state index in [4.69, 9.17) is 4.74 Å². The standard InChI is InChI=1S/C22H28N8O/c1-16-5-6-18-19(13-25-20(18)12-16)21(24-7-3-9-29-10-8-23-15-29)22-26-27-28-30(22)14-17-4-2-11-31-17/h5-6,8,10,12-13,15,17,21,24-25H,2-4,7,9,11,14H2,1H3/t17-,21?/m0/s1. The predicted molar refractivity (Wildman–Crippen MR) is 117 cm³/mol. The highest BCUT2D eigenvalue weighted by atomic mass is 16.5. The van der Waals surface area contributed by atoms with E-state index in [0.29, 0.717) is 6.54 Å². The second-order valence-corrected chi connectivity index (χ2v) is 8.19. The molecule has 0 spiro atoms. The van der Waals surface area contributed by atoms with Crippen LogP contribution in [0.15, 0.2) is 43.1 Å². The molecule has 1 aliphatic rings. The Morgan fingerprint density at radius 3 is 3.16 bits per heavy atom. The van der Waals surface area contributed by atoms with Crippen LogP contribution in [-0.4, -0.2) is 54.0 Å². The van der Waals surface area contributed by atoms with Crippen molar-refractivity contribution in [1.29, 1.82) is 0 Å². The predicted octanol–water partition coefficient (Wildman–Crippen LogP) is 2.61. The Morgan fingerprint density at radius 2 is 2.32 bits per heavy atom. The van der Waals surface area contributed by atoms with Gasteiger partial charge in [-0.05, 0) is 54.8 Å². The van der Waals surface area contributed by atoms with Crippen molar-refractivity contribution >= 4 is 10.9 Å². The lowest BCUT2D eigenvalue weighted by molar-refractivity contribution is 0.0923. The minimum absolute atomic E-state index is 0.115. The molecule has 31 heavy (non-hydrogen) atoms. The summed E-state index contributed by atoms with van der Waals surface area (Å²) in [6, 6.07) is 6.37. The molecule has 1 unspecified atom stereocenters. The second-order valence-electron chi connectivity index (χ2n) is 8.19. The first-order valence-electron chi connectivity index (χ1n) is 10.9. The number of nitrogens with zero attached hydrogens (tertiary/aromatic N) is 6. The summed E-state index contributed by atoms with van der Waals surface area (Å²) in [6.07, 6.45) is 11.0. The number of aromatic nitrogens is 7. The summed E-state index contributed by atoms with van der Waals surface area (Å²) in [5.41, 5.74) is 3.51. The van der Waals surface area contributed by atoms with Crippen LogP contribution < -0.4 is 5.32 Å². The van der Waals surface area contributed by atoms with Crippen molar-refractivity contribution < 1.29 is 4.74 Å². The first kappa shape index (κ1) is 19.9. The maximum absolute atomic E-state index is 5.82. The molecule has 0 aliphatic carbocycles. The number of hydrogen-bond donors (Lipinski definition) is 2. The molecule has 0 amide bonds. The van der Waals surface area contributed by atoms with E-state index in [1.54, 1.807) is 0 Å². The fraction of sp³-hybridized carbons (Fsp3) is 0.455. The average Bonchev–Trinajstić information content (AvgIpc) is 3.57. The summed E-state index contributed by atoms with van der Waals surface area (Å²) >= 11 is 0. The zero-order valence-corrected chi connectivity index (χ0v) is 17.7. The number of aromatic amines is 1. The van der Waals surface area contributed by atoms with Gasteiger partial charge in [0.25, 0.3) is 0 Å². The van der Waals surface area contributed by atoms with Gasteiger partial charge in [-0.1, -0.05) is 12.1 Å². The number of tetrazole rings is 1. The van der Waals surface area contributed by atoms with Crippen LogP contribution in [0.3, 0.4) is 0 Å². The van der Waals surface area contributed by atoms with Crippen LogP contribution >= 0.6 is 0 Å². The lowest BCUT2D eigenvalue weighted by Gasteiger charge is -2.19. The third-order valence-electron chi connectivity index (χ3n) is 5.90. The molecule has 0 bridgehead atoms. The Bertz CT molecular complexity index is 1110. The summed E-state index contributed by atoms with van der Waals surface area (Å²) in [5, 5.41) is 17.6. The molecule has 3 aromatic heterocycles. The van der Waals surface area contributed by atoms with Gasteiger partial charge < -0.3 is 19.6 Å². The summed E-state index contributed by atoms with van der Waals surface area (Å²) in [4.78, 5) is 7.54. The molecule has 9 heteroatoms. The zero-order valence-electron chi connectivity index (χ0n) is 17.7. The van der Waals surface area contributed by atoms with E-state index < -0.39 is 0 Å². The number of aryl methyl sites for hydroxylation is 2. The molecule has 1 fully saturated rings. The Labute approximate surface area is 180 Å². The summed E-state index contributed by atoms with van der Waals surface area (Å²) in [6.45, 7) is 5.34. The highest BCUT2D eigenvalue weighted by molar-refractivity contribution is 5.84. The highest BCUT2D eigenvalue weighted by Gasteiger charge is 2.26. The van der Waals surface area contributed by atoms with E-state index >= 15 is 0 Å². The normalized spacial score (nSPS) is 17.5. The molecule has 2 atom stereocenters. The van der Waals surface area contributed by atoms with Crippen molar-refractivity contribution in [3.63, 3.8) is 0 Å². The van der Waals surface area contributed by atoms with Gasteiger partial charge in [0, 0.05) is 48.2 Å². The van der Waals surface area contributed by atoms with E-state index in [0.717, 1.165) is 55.9 Å². The zero-order chi connectivity index (χ0) is 21.0. The van der Waals surface area contributed by atoms with Gasteiger partial charge in [0.1, 0.15) is 0 Å². The number of H-pyrrole nitrogens is 1. The van der Waals surface area contributed by atoms with Gasteiger partial charge in [-0.2, -0.15) is 0 Å². The molecule has 0 saturated carbocycles. The van der Waals surface area contributed by atoms with Crippen LogP contribution in [0, 0.1) is 6.92 Å². The van der Waals surface area contributed by atoms with Crippen LogP contribution in [0.1, 0.15) is 42.3 Å². The quantitative estimate of drug-likeness (QED) is 0.404. The van der Waals surface area contributed by atoms with E-state index in [9.17, 15) is 0 Å². The van der Waals surface area contributed by atoms with Gasteiger partial charge in [0.15, 0.2) is 5.82 Å². The van der Waals surface area contributed by atoms with Crippen molar-refractivity contribution in [3.05, 3.63) is 60.1 Å². The smallest absolute Gasteiger partial charge is 0.173 e. The highest BCUT2D eigenvalue weighted by Crippen LogP contribution is 2.29. The average molecular weight is 421 g/mol. The number of fused-ring (bicyclic) bond motifs is 1. The third-order valence-corrected chi connectivity index (χ3v) is 5.90. The summed E-state index contributed by atoms with van der Waals surface area (Å²) in [7, 11) is 0. The minimum Gasteiger partial charge on any atom is -0.376 e. The topological polar surface area (TPSA) is 98.5 Å². The molecule has 4 aromatic rings. The van der Waals surface area contributed by atoms with Crippen LogP contribution in [0.25, 0.3) is 10.9 Å². The first-order chi connectivity index (χ1) is 15.3. The molecule has 2 N–H and O–H groups in total. The van der Waals surface area contributed by atoms with Gasteiger partial charge >= 0.3 is 0 Å². The maximum Gasteiger partial charge on any atom is 0.173 e. The molecule has 1 aromatic carbocycles. The molecular weight excluding hydrogens is 392 g/mol. The Balaban J connectivity index is 1.40. The molecule has 1 aliphatic heterocycles. The third kappa shape index (κ3) is 4.38. The number of hydrogen-bond acceptors (Lipinski definition) is 6. The van der Waals surface area contributed by atoms with Crippen LogP contribution in [0.4, 0.5) is 0 Å². The van der Waals surface area contributed by atoms with Gasteiger partial charge in [-0.15, -0.1) is 5.10 Å². The van der Waals surface area contributed by atoms with E-state index in [1.807, 2.05) is 23.4 Å². The monoisotopic (exact) mass is 420 g/mol. The Morgan fingerprint density at radius 1 is 1.35 bits per heavy atom. The Hall–Kier alpha value is -3.04. The lowest BCUT2D eigenvalue weighted by atomic mass is 10.0. The number of benzene rings is 1. The van der Waals surface area contributed by atoms with E-state index in [-0.39, 0.29) is 12.1 Å². The number of rotatable bonds is 9. The molecule has 162 valence electrons. The number of nitrogens with one attached hydrogen (secondary N) is 2. The molecule has 1 saturated heterocycles. The van der Waals surface area contributed by atoms with Crippen LogP contribution in [0.5, 0.6) is 0 Å². The SMILES string of the molecule is Cc1ccc2c(C(NCCCn3ccnc3)c3nnnn3C[C@@H]3CCCO3)c[nH]c2c1. The molecule has 9 nitrogen and oxygen atoms in total. The van der Waals surface area contributed by atoms with Crippen molar-refractivity contribution in [2.75, 3.05) is 13.2 Å². The van der Waals surface area contributed by atoms with E-state index in [2.05, 4.69) is 66.7 Å². The van der Waals surface area contributed by atoms with Gasteiger partial charge in [0.05, 0.1) is 25.0 Å². The maximum atomic E-state index is 5.82. The fourth-order valence-electron chi connectivity index (χ4n) is 4.30. The van der Waals surface area contributed by atoms with Crippen molar-refractivity contribution in [2.24, 2.45) is 0 Å². The summed E-state index contributed by atoms with van der Waals surface area (Å²) in [5.74, 6) is 0.819. The summed E-state index contributed by atoms with van der Waals surface area (Å²) < 4.78 is 9.81. The van der Waals surface area contributed by atoms with E-state index in [1.165, 1.54) is 10.9 Å². The van der Waals surface area contributed by atoms with Gasteiger partial charge in [-0.25, -0.2) is 9.67 Å². The van der Waals surface area contributed by atoms with Crippen molar-refractivity contribution in [3.8, 4) is 0 Å². The van der Waals surface area contributed by atoms with Gasteiger partial charge in [0.2, 0.25) is 0 Å². The van der Waals surface area contributed by atoms with Gasteiger partial charge in [-0.3, -0.25) is 0 Å². The molecular formula is C22H28N8O. The largest absolute Gasteiger partial charge is 0.376 e. The lowest BCUT2D eigenvalue weighted by Crippen LogP contribution is -2.29. The minimum atomic E-state index is -0.115. The molecule has 5 rings (SSSR count). The fourth-order valence-corrected chi connectivity index (χ4v) is 4.30. The number of ether oxygens (including phenoxy) is 1.